The van der Waals surface area contributed by atoms with Gasteiger partial charge in [0.1, 0.15) is 12.4 Å². The van der Waals surface area contributed by atoms with Gasteiger partial charge in [-0.3, -0.25) is 4.79 Å². The SMILES string of the molecule is CCc1ccc(OCC(=O)Nc2ncccc2OCc2ccccc2)cc1. The molecule has 2 aromatic carbocycles. The van der Waals surface area contributed by atoms with E-state index in [1.54, 1.807) is 18.3 Å². The summed E-state index contributed by atoms with van der Waals surface area (Å²) in [4.78, 5) is 16.4. The van der Waals surface area contributed by atoms with Crippen LogP contribution in [0.4, 0.5) is 5.82 Å². The molecule has 27 heavy (non-hydrogen) atoms. The molecule has 0 aliphatic rings. The van der Waals surface area contributed by atoms with E-state index in [4.69, 9.17) is 9.47 Å². The minimum Gasteiger partial charge on any atom is -0.485 e. The number of benzene rings is 2. The molecule has 5 heteroatoms. The molecule has 0 aliphatic carbocycles. The van der Waals surface area contributed by atoms with Crippen LogP contribution in [0.5, 0.6) is 11.5 Å². The summed E-state index contributed by atoms with van der Waals surface area (Å²) in [6.45, 7) is 2.39. The second-order valence-corrected chi connectivity index (χ2v) is 5.96. The third kappa shape index (κ3) is 5.57. The Morgan fingerprint density at radius 3 is 2.44 bits per heavy atom. The summed E-state index contributed by atoms with van der Waals surface area (Å²) in [5.41, 5.74) is 2.26. The standard InChI is InChI=1S/C22H22N2O3/c1-2-17-10-12-19(13-11-17)26-16-21(25)24-22-20(9-6-14-23-22)27-15-18-7-4-3-5-8-18/h3-14H,2,15-16H2,1H3,(H,23,24,25). The van der Waals surface area contributed by atoms with Crippen molar-refractivity contribution in [1.82, 2.24) is 4.98 Å². The van der Waals surface area contributed by atoms with E-state index in [0.29, 0.717) is 23.9 Å². The minimum absolute atomic E-state index is 0.0971. The van der Waals surface area contributed by atoms with Gasteiger partial charge in [0.05, 0.1) is 0 Å². The van der Waals surface area contributed by atoms with Crippen LogP contribution in [0.15, 0.2) is 72.9 Å². The summed E-state index contributed by atoms with van der Waals surface area (Å²) in [6, 6.07) is 21.1. The molecule has 1 N–H and O–H groups in total. The highest BCUT2D eigenvalue weighted by Crippen LogP contribution is 2.22. The van der Waals surface area contributed by atoms with Crippen LogP contribution in [0.25, 0.3) is 0 Å². The Balaban J connectivity index is 1.55. The second kappa shape index (κ2) is 9.38. The molecule has 0 atom stereocenters. The zero-order valence-electron chi connectivity index (χ0n) is 15.2. The zero-order chi connectivity index (χ0) is 18.9. The first-order valence-electron chi connectivity index (χ1n) is 8.88. The number of amides is 1. The molecule has 1 amide bonds. The van der Waals surface area contributed by atoms with Gasteiger partial charge in [-0.1, -0.05) is 49.4 Å². The van der Waals surface area contributed by atoms with Crippen molar-refractivity contribution in [2.75, 3.05) is 11.9 Å². The first-order chi connectivity index (χ1) is 13.2. The van der Waals surface area contributed by atoms with Crippen LogP contribution in [0.2, 0.25) is 0 Å². The second-order valence-electron chi connectivity index (χ2n) is 5.96. The summed E-state index contributed by atoms with van der Waals surface area (Å²) >= 11 is 0. The van der Waals surface area contributed by atoms with E-state index >= 15 is 0 Å². The fraction of sp³-hybridized carbons (Fsp3) is 0.182. The molecule has 0 spiro atoms. The van der Waals surface area contributed by atoms with E-state index in [1.807, 2.05) is 54.6 Å². The molecule has 0 saturated heterocycles. The Hall–Kier alpha value is -3.34. The van der Waals surface area contributed by atoms with Gasteiger partial charge >= 0.3 is 0 Å². The van der Waals surface area contributed by atoms with Gasteiger partial charge in [0.25, 0.3) is 5.91 Å². The van der Waals surface area contributed by atoms with Gasteiger partial charge in [-0.05, 0) is 41.8 Å². The molecular weight excluding hydrogens is 340 g/mol. The van der Waals surface area contributed by atoms with E-state index in [0.717, 1.165) is 12.0 Å². The van der Waals surface area contributed by atoms with Crippen LogP contribution >= 0.6 is 0 Å². The van der Waals surface area contributed by atoms with Crippen LogP contribution in [-0.2, 0) is 17.8 Å². The van der Waals surface area contributed by atoms with Crippen LogP contribution < -0.4 is 14.8 Å². The first kappa shape index (κ1) is 18.5. The fourth-order valence-electron chi connectivity index (χ4n) is 2.47. The number of hydrogen-bond donors (Lipinski definition) is 1. The van der Waals surface area contributed by atoms with Crippen molar-refractivity contribution in [3.05, 3.63) is 84.1 Å². The molecule has 0 aliphatic heterocycles. The number of pyridine rings is 1. The van der Waals surface area contributed by atoms with Crippen LogP contribution in [0.1, 0.15) is 18.1 Å². The molecule has 1 aromatic heterocycles. The lowest BCUT2D eigenvalue weighted by Crippen LogP contribution is -2.21. The molecular formula is C22H22N2O3. The molecule has 138 valence electrons. The number of nitrogens with one attached hydrogen (secondary N) is 1. The lowest BCUT2D eigenvalue weighted by molar-refractivity contribution is -0.118. The maximum absolute atomic E-state index is 12.2. The van der Waals surface area contributed by atoms with Gasteiger partial charge in [-0.2, -0.15) is 0 Å². The van der Waals surface area contributed by atoms with Crippen molar-refractivity contribution < 1.29 is 14.3 Å². The number of nitrogens with zero attached hydrogens (tertiary/aromatic N) is 1. The third-order valence-corrected chi connectivity index (χ3v) is 3.97. The van der Waals surface area contributed by atoms with Crippen molar-refractivity contribution in [3.63, 3.8) is 0 Å². The molecule has 0 unspecified atom stereocenters. The third-order valence-electron chi connectivity index (χ3n) is 3.97. The molecule has 3 rings (SSSR count). The Labute approximate surface area is 159 Å². The van der Waals surface area contributed by atoms with E-state index < -0.39 is 0 Å². The number of anilines is 1. The number of aromatic nitrogens is 1. The van der Waals surface area contributed by atoms with Gasteiger partial charge in [0.2, 0.25) is 0 Å². The van der Waals surface area contributed by atoms with Gasteiger partial charge in [-0.25, -0.2) is 4.98 Å². The average Bonchev–Trinajstić information content (AvgIpc) is 2.73. The van der Waals surface area contributed by atoms with Crippen LogP contribution in [-0.4, -0.2) is 17.5 Å². The Morgan fingerprint density at radius 1 is 0.926 bits per heavy atom. The highest BCUT2D eigenvalue weighted by atomic mass is 16.5. The smallest absolute Gasteiger partial charge is 0.263 e. The fourth-order valence-corrected chi connectivity index (χ4v) is 2.47. The molecule has 0 fully saturated rings. The molecule has 3 aromatic rings. The molecule has 0 radical (unpaired) electrons. The molecule has 1 heterocycles. The number of hydrogen-bond acceptors (Lipinski definition) is 4. The number of aryl methyl sites for hydroxylation is 1. The normalized spacial score (nSPS) is 10.3. The number of carbonyl (C=O) groups excluding carboxylic acids is 1. The quantitative estimate of drug-likeness (QED) is 0.651. The van der Waals surface area contributed by atoms with E-state index in [1.165, 1.54) is 5.56 Å². The van der Waals surface area contributed by atoms with Crippen molar-refractivity contribution in [3.8, 4) is 11.5 Å². The lowest BCUT2D eigenvalue weighted by Gasteiger charge is -2.12. The summed E-state index contributed by atoms with van der Waals surface area (Å²) in [7, 11) is 0. The van der Waals surface area contributed by atoms with Gasteiger partial charge in [0.15, 0.2) is 18.2 Å². The average molecular weight is 362 g/mol. The maximum atomic E-state index is 12.2. The monoisotopic (exact) mass is 362 g/mol. The van der Waals surface area contributed by atoms with Gasteiger partial charge in [-0.15, -0.1) is 0 Å². The van der Waals surface area contributed by atoms with Crippen molar-refractivity contribution >= 4 is 11.7 Å². The molecule has 5 nitrogen and oxygen atoms in total. The van der Waals surface area contributed by atoms with Crippen molar-refractivity contribution in [2.45, 2.75) is 20.0 Å². The summed E-state index contributed by atoms with van der Waals surface area (Å²) in [5, 5.41) is 2.74. The highest BCUT2D eigenvalue weighted by molar-refractivity contribution is 5.92. The van der Waals surface area contributed by atoms with Crippen LogP contribution in [0.3, 0.4) is 0 Å². The summed E-state index contributed by atoms with van der Waals surface area (Å²) in [6.07, 6.45) is 2.57. The van der Waals surface area contributed by atoms with E-state index in [2.05, 4.69) is 17.2 Å². The van der Waals surface area contributed by atoms with Crippen molar-refractivity contribution in [1.29, 1.82) is 0 Å². The topological polar surface area (TPSA) is 60.5 Å². The van der Waals surface area contributed by atoms with E-state index in [9.17, 15) is 4.79 Å². The predicted octanol–water partition coefficient (Wildman–Crippen LogP) is 4.24. The van der Waals surface area contributed by atoms with Crippen molar-refractivity contribution in [2.24, 2.45) is 0 Å². The zero-order valence-corrected chi connectivity index (χ0v) is 15.2. The van der Waals surface area contributed by atoms with Crippen LogP contribution in [0, 0.1) is 0 Å². The predicted molar refractivity (Wildman–Crippen MR) is 105 cm³/mol. The summed E-state index contributed by atoms with van der Waals surface area (Å²) < 4.78 is 11.3. The number of ether oxygens (including phenoxy) is 2. The lowest BCUT2D eigenvalue weighted by atomic mass is 10.2. The highest BCUT2D eigenvalue weighted by Gasteiger charge is 2.10. The maximum Gasteiger partial charge on any atom is 0.263 e. The number of carbonyl (C=O) groups is 1. The molecule has 0 saturated carbocycles. The Morgan fingerprint density at radius 2 is 1.70 bits per heavy atom. The summed E-state index contributed by atoms with van der Waals surface area (Å²) in [5.74, 6) is 1.26. The number of rotatable bonds is 8. The Bertz CT molecular complexity index is 864. The van der Waals surface area contributed by atoms with Gasteiger partial charge < -0.3 is 14.8 Å². The first-order valence-corrected chi connectivity index (χ1v) is 8.88. The Kier molecular flexibility index (Phi) is 6.41. The minimum atomic E-state index is -0.294. The van der Waals surface area contributed by atoms with E-state index in [-0.39, 0.29) is 12.5 Å². The largest absolute Gasteiger partial charge is 0.485 e. The molecule has 0 bridgehead atoms. The van der Waals surface area contributed by atoms with Gasteiger partial charge in [0, 0.05) is 6.20 Å².